The third-order valence-corrected chi connectivity index (χ3v) is 9.65. The van der Waals surface area contributed by atoms with Gasteiger partial charge in [0.25, 0.3) is 5.56 Å². The summed E-state index contributed by atoms with van der Waals surface area (Å²) in [5.41, 5.74) is 11.6. The lowest BCUT2D eigenvalue weighted by Crippen LogP contribution is -2.30. The van der Waals surface area contributed by atoms with Gasteiger partial charge in [0.05, 0.1) is 50.2 Å². The molecule has 0 aliphatic carbocycles. The van der Waals surface area contributed by atoms with E-state index in [1.165, 1.54) is 17.2 Å². The predicted octanol–water partition coefficient (Wildman–Crippen LogP) is 0.581. The van der Waals surface area contributed by atoms with Crippen LogP contribution in [0.25, 0.3) is 22.3 Å². The van der Waals surface area contributed by atoms with Gasteiger partial charge in [0.2, 0.25) is 5.95 Å². The molecule has 6 rings (SSSR count). The van der Waals surface area contributed by atoms with E-state index in [0.29, 0.717) is 24.2 Å². The van der Waals surface area contributed by atoms with Crippen LogP contribution in [-0.2, 0) is 45.0 Å². The molecule has 0 radical (unpaired) electrons. The molecule has 19 nitrogen and oxygen atoms in total. The molecule has 238 valence electrons. The molecule has 2 aliphatic rings. The maximum absolute atomic E-state index is 12.3. The van der Waals surface area contributed by atoms with Crippen molar-refractivity contribution in [2.24, 2.45) is 0 Å². The summed E-state index contributed by atoms with van der Waals surface area (Å²) in [4.78, 5) is 56.0. The minimum Gasteiger partial charge on any atom is -0.382 e. The van der Waals surface area contributed by atoms with E-state index in [0.717, 1.165) is 0 Å². The first-order valence-corrected chi connectivity index (χ1v) is 18.3. The van der Waals surface area contributed by atoms with Gasteiger partial charge in [0, 0.05) is 12.8 Å². The molecule has 6 heterocycles. The topological polar surface area (TPSA) is 263 Å². The molecular formula is C21H28N10O9P2S2. The lowest BCUT2D eigenvalue weighted by atomic mass is 9.98. The van der Waals surface area contributed by atoms with E-state index in [1.807, 2.05) is 11.5 Å². The number of nitrogens with one attached hydrogen (secondary N) is 1. The number of anilines is 2. The molecule has 7 atom stereocenters. The van der Waals surface area contributed by atoms with Crippen LogP contribution in [0.4, 0.5) is 11.8 Å². The molecule has 44 heavy (non-hydrogen) atoms. The van der Waals surface area contributed by atoms with E-state index in [2.05, 4.69) is 42.2 Å². The molecule has 2 aliphatic heterocycles. The number of nitrogen functional groups attached to an aromatic ring is 2. The average molecular weight is 691 g/mol. The van der Waals surface area contributed by atoms with Crippen molar-refractivity contribution in [2.75, 3.05) is 31.3 Å². The number of aromatic nitrogens is 8. The Labute approximate surface area is 258 Å². The normalized spacial score (nSPS) is 28.5. The van der Waals surface area contributed by atoms with Crippen molar-refractivity contribution in [3.63, 3.8) is 0 Å². The summed E-state index contributed by atoms with van der Waals surface area (Å²) in [6, 6.07) is 0. The Balaban J connectivity index is 1.16. The highest BCUT2D eigenvalue weighted by Crippen LogP contribution is 2.51. The minimum absolute atomic E-state index is 0.0163. The molecule has 0 aromatic carbocycles. The largest absolute Gasteiger partial charge is 0.383 e. The van der Waals surface area contributed by atoms with Crippen LogP contribution in [0.3, 0.4) is 0 Å². The van der Waals surface area contributed by atoms with Gasteiger partial charge < -0.3 is 44.3 Å². The van der Waals surface area contributed by atoms with Crippen LogP contribution < -0.4 is 17.0 Å². The number of rotatable bonds is 10. The van der Waals surface area contributed by atoms with Gasteiger partial charge in [-0.05, 0) is 18.7 Å². The van der Waals surface area contributed by atoms with Gasteiger partial charge in [-0.15, -0.1) is 0 Å². The molecule has 2 unspecified atom stereocenters. The van der Waals surface area contributed by atoms with Crippen molar-refractivity contribution in [3.8, 4) is 0 Å². The lowest BCUT2D eigenvalue weighted by molar-refractivity contribution is -0.0447. The SMILES string of the molecule is C[C@]1(n2cnc3c(N)ncnc32)CO[C@H](COP(O)(=S)O[C@H]2C[C@@H](COP(=O)(O)S)O[C@H]2n2cnc3c(=O)[nH]c(N)nc32)C1. The van der Waals surface area contributed by atoms with Gasteiger partial charge in [0.1, 0.15) is 17.9 Å². The summed E-state index contributed by atoms with van der Waals surface area (Å²) in [5.74, 6) is 0.109. The highest BCUT2D eigenvalue weighted by atomic mass is 32.7. The maximum Gasteiger partial charge on any atom is 0.383 e. The van der Waals surface area contributed by atoms with Crippen LogP contribution in [0.1, 0.15) is 26.0 Å². The number of nitrogens with two attached hydrogens (primary N) is 2. The van der Waals surface area contributed by atoms with Gasteiger partial charge in [0.15, 0.2) is 28.9 Å². The molecule has 4 aromatic rings. The number of H-pyrrole nitrogens is 1. The zero-order valence-corrected chi connectivity index (χ0v) is 26.4. The quantitative estimate of drug-likeness (QED) is 0.0981. The average Bonchev–Trinajstić information content (AvgIpc) is 3.71. The molecule has 2 fully saturated rings. The molecule has 23 heteroatoms. The highest BCUT2D eigenvalue weighted by molar-refractivity contribution is 8.44. The van der Waals surface area contributed by atoms with Gasteiger partial charge >= 0.3 is 13.5 Å². The smallest absolute Gasteiger partial charge is 0.382 e. The van der Waals surface area contributed by atoms with Gasteiger partial charge in [-0.25, -0.2) is 24.5 Å². The zero-order valence-electron chi connectivity index (χ0n) is 22.9. The number of ether oxygens (including phenoxy) is 2. The summed E-state index contributed by atoms with van der Waals surface area (Å²) >= 11 is 8.85. The second-order valence-corrected chi connectivity index (χ2v) is 16.1. The van der Waals surface area contributed by atoms with Crippen LogP contribution in [0, 0.1) is 0 Å². The Morgan fingerprint density at radius 1 is 1.16 bits per heavy atom. The van der Waals surface area contributed by atoms with Crippen LogP contribution in [0.2, 0.25) is 0 Å². The molecule has 4 aromatic heterocycles. The fourth-order valence-corrected chi connectivity index (χ4v) is 7.30. The van der Waals surface area contributed by atoms with Gasteiger partial charge in [-0.3, -0.25) is 18.9 Å². The van der Waals surface area contributed by atoms with Gasteiger partial charge in [-0.2, -0.15) is 4.98 Å². The number of aromatic amines is 1. The third-order valence-electron chi connectivity index (χ3n) is 7.23. The number of imidazole rings is 2. The van der Waals surface area contributed by atoms with E-state index in [1.54, 1.807) is 6.33 Å². The van der Waals surface area contributed by atoms with Crippen molar-refractivity contribution in [2.45, 2.75) is 49.8 Å². The Bertz CT molecular complexity index is 1870. The molecule has 0 spiro atoms. The zero-order chi connectivity index (χ0) is 31.4. The van der Waals surface area contributed by atoms with Crippen molar-refractivity contribution < 1.29 is 37.4 Å². The first kappa shape index (κ1) is 31.4. The summed E-state index contributed by atoms with van der Waals surface area (Å²) < 4.78 is 43.3. The fourth-order valence-electron chi connectivity index (χ4n) is 5.28. The summed E-state index contributed by atoms with van der Waals surface area (Å²) in [6.45, 7) is -6.20. The Morgan fingerprint density at radius 2 is 1.91 bits per heavy atom. The van der Waals surface area contributed by atoms with Crippen LogP contribution in [0.5, 0.6) is 0 Å². The number of hydrogen-bond donors (Lipinski definition) is 6. The lowest BCUT2D eigenvalue weighted by Gasteiger charge is -2.26. The van der Waals surface area contributed by atoms with E-state index in [-0.39, 0.29) is 42.6 Å². The molecule has 0 amide bonds. The maximum atomic E-state index is 12.3. The standard InChI is InChI=1S/C21H28N10O9P2S2/c1-21(31-9-27-13-15(22)24-7-25-16(13)31)3-11(36-6-21)5-38-42(35,44)40-12-2-10(4-37-41(33,34)43)39-19(12)30-8-26-14-17(30)28-20(23)29-18(14)32/h7-12,19H,2-6H2,1H3,(H,35,44)(H2,22,24,25)(H2,33,34,43)(H3,23,28,29,32)/t10-,11-,12-,19+,21+,42?/m0/s1. The predicted molar refractivity (Wildman–Crippen MR) is 161 cm³/mol. The summed E-state index contributed by atoms with van der Waals surface area (Å²) in [6.07, 6.45) is 1.52. The summed E-state index contributed by atoms with van der Waals surface area (Å²) in [5, 5.41) is 0. The van der Waals surface area contributed by atoms with Crippen LogP contribution >= 0.6 is 25.8 Å². The van der Waals surface area contributed by atoms with E-state index in [9.17, 15) is 19.1 Å². The van der Waals surface area contributed by atoms with Gasteiger partial charge in [-0.1, -0.05) is 12.2 Å². The number of thiol groups is 1. The minimum atomic E-state index is -4.12. The number of fused-ring (bicyclic) bond motifs is 2. The fraction of sp³-hybridized carbons (Fsp3) is 0.524. The Morgan fingerprint density at radius 3 is 2.68 bits per heavy atom. The number of nitrogens with zero attached hydrogens (tertiary/aromatic N) is 7. The first-order valence-electron chi connectivity index (χ1n) is 13.0. The van der Waals surface area contributed by atoms with Crippen molar-refractivity contribution >= 4 is 71.7 Å². The van der Waals surface area contributed by atoms with Crippen molar-refractivity contribution in [3.05, 3.63) is 29.3 Å². The second kappa shape index (κ2) is 11.7. The molecule has 7 N–H and O–H groups in total. The third kappa shape index (κ3) is 6.40. The van der Waals surface area contributed by atoms with Crippen molar-refractivity contribution in [1.82, 2.24) is 39.0 Å². The van der Waals surface area contributed by atoms with E-state index >= 15 is 0 Å². The first-order chi connectivity index (χ1) is 20.7. The molecule has 0 saturated carbocycles. The van der Waals surface area contributed by atoms with Crippen molar-refractivity contribution in [1.29, 1.82) is 0 Å². The number of hydrogen-bond acceptors (Lipinski definition) is 15. The van der Waals surface area contributed by atoms with Crippen LogP contribution in [0.15, 0.2) is 23.8 Å². The van der Waals surface area contributed by atoms with E-state index in [4.69, 9.17) is 46.3 Å². The van der Waals surface area contributed by atoms with Crippen LogP contribution in [-0.4, -0.2) is 87.0 Å². The highest BCUT2D eigenvalue weighted by Gasteiger charge is 2.44. The molecule has 2 saturated heterocycles. The second-order valence-electron chi connectivity index (χ2n) is 10.5. The Kier molecular flexibility index (Phi) is 8.34. The molecular weight excluding hydrogens is 662 g/mol. The molecule has 0 bridgehead atoms. The summed E-state index contributed by atoms with van der Waals surface area (Å²) in [7, 11) is 0. The van der Waals surface area contributed by atoms with E-state index < -0.39 is 49.2 Å². The monoisotopic (exact) mass is 690 g/mol. The Hall–Kier alpha value is -2.55.